The highest BCUT2D eigenvalue weighted by Crippen LogP contribution is 2.27. The molecule has 0 aliphatic rings. The first-order valence-corrected chi connectivity index (χ1v) is 11.4. The molecule has 0 spiro atoms. The number of benzene rings is 3. The van der Waals surface area contributed by atoms with Crippen molar-refractivity contribution < 1.29 is 4.79 Å². The van der Waals surface area contributed by atoms with Gasteiger partial charge in [-0.05, 0) is 29.2 Å². The SMILES string of the molecule is O=C(NCCc1ccccc1)c1c2[nH]ccc2c(-c2ccccc2)c(=O)n1Cc1ccccc1. The zero-order valence-corrected chi connectivity index (χ0v) is 18.7. The molecule has 0 saturated carbocycles. The van der Waals surface area contributed by atoms with Crippen LogP contribution in [0.5, 0.6) is 0 Å². The number of carbonyl (C=O) groups excluding carboxylic acids is 1. The van der Waals surface area contributed by atoms with Crippen LogP contribution in [0.25, 0.3) is 22.0 Å². The fourth-order valence-corrected chi connectivity index (χ4v) is 4.35. The summed E-state index contributed by atoms with van der Waals surface area (Å²) in [5.74, 6) is -0.268. The first-order chi connectivity index (χ1) is 16.7. The first-order valence-electron chi connectivity index (χ1n) is 11.4. The lowest BCUT2D eigenvalue weighted by atomic mass is 10.0. The Kier molecular flexibility index (Phi) is 6.08. The maximum atomic E-state index is 13.9. The van der Waals surface area contributed by atoms with Crippen molar-refractivity contribution in [1.82, 2.24) is 14.9 Å². The van der Waals surface area contributed by atoms with Crippen LogP contribution in [0.2, 0.25) is 0 Å². The van der Waals surface area contributed by atoms with Crippen LogP contribution in [0.1, 0.15) is 21.6 Å². The van der Waals surface area contributed by atoms with Gasteiger partial charge in [0, 0.05) is 18.1 Å². The summed E-state index contributed by atoms with van der Waals surface area (Å²) >= 11 is 0. The molecule has 34 heavy (non-hydrogen) atoms. The maximum Gasteiger partial charge on any atom is 0.270 e. The van der Waals surface area contributed by atoms with E-state index in [-0.39, 0.29) is 11.5 Å². The highest BCUT2D eigenvalue weighted by molar-refractivity contribution is 6.08. The molecule has 0 aliphatic carbocycles. The molecule has 5 nitrogen and oxygen atoms in total. The summed E-state index contributed by atoms with van der Waals surface area (Å²) in [5.41, 5.74) is 4.34. The van der Waals surface area contributed by atoms with Gasteiger partial charge < -0.3 is 10.3 Å². The predicted octanol–water partition coefficient (Wildman–Crippen LogP) is 5.02. The Bertz CT molecular complexity index is 1470. The Labute approximate surface area is 197 Å². The number of H-pyrrole nitrogens is 1. The lowest BCUT2D eigenvalue weighted by Crippen LogP contribution is -2.34. The van der Waals surface area contributed by atoms with Gasteiger partial charge in [-0.15, -0.1) is 0 Å². The standard InChI is InChI=1S/C29H25N3O2/c33-28(31-18-16-21-10-4-1-5-11-21)27-26-24(17-19-30-26)25(23-14-8-3-9-15-23)29(34)32(27)20-22-12-6-2-7-13-22/h1-15,17,19,30H,16,18,20H2,(H,31,33). The van der Waals surface area contributed by atoms with Crippen LogP contribution in [-0.4, -0.2) is 22.0 Å². The van der Waals surface area contributed by atoms with Gasteiger partial charge in [0.1, 0.15) is 5.69 Å². The lowest BCUT2D eigenvalue weighted by molar-refractivity contribution is 0.0946. The highest BCUT2D eigenvalue weighted by atomic mass is 16.2. The number of nitrogens with one attached hydrogen (secondary N) is 2. The van der Waals surface area contributed by atoms with E-state index >= 15 is 0 Å². The van der Waals surface area contributed by atoms with Gasteiger partial charge in [0.05, 0.1) is 17.6 Å². The summed E-state index contributed by atoms with van der Waals surface area (Å²) in [7, 11) is 0. The number of aromatic nitrogens is 2. The van der Waals surface area contributed by atoms with Crippen LogP contribution in [-0.2, 0) is 13.0 Å². The van der Waals surface area contributed by atoms with Gasteiger partial charge in [-0.1, -0.05) is 91.0 Å². The number of hydrogen-bond donors (Lipinski definition) is 2. The largest absolute Gasteiger partial charge is 0.359 e. The van der Waals surface area contributed by atoms with Crippen molar-refractivity contribution in [3.63, 3.8) is 0 Å². The number of aromatic amines is 1. The van der Waals surface area contributed by atoms with Gasteiger partial charge in [-0.25, -0.2) is 0 Å². The number of pyridine rings is 1. The summed E-state index contributed by atoms with van der Waals surface area (Å²) in [6.45, 7) is 0.779. The van der Waals surface area contributed by atoms with Crippen molar-refractivity contribution in [2.75, 3.05) is 6.54 Å². The van der Waals surface area contributed by atoms with E-state index < -0.39 is 0 Å². The fourth-order valence-electron chi connectivity index (χ4n) is 4.35. The third kappa shape index (κ3) is 4.28. The van der Waals surface area contributed by atoms with Crippen molar-refractivity contribution in [2.45, 2.75) is 13.0 Å². The van der Waals surface area contributed by atoms with Gasteiger partial charge in [-0.2, -0.15) is 0 Å². The topological polar surface area (TPSA) is 66.9 Å². The minimum atomic E-state index is -0.268. The molecule has 5 rings (SSSR count). The predicted molar refractivity (Wildman–Crippen MR) is 136 cm³/mol. The second kappa shape index (κ2) is 9.63. The third-order valence-electron chi connectivity index (χ3n) is 5.99. The zero-order chi connectivity index (χ0) is 23.3. The number of rotatable bonds is 7. The van der Waals surface area contributed by atoms with Gasteiger partial charge in [0.15, 0.2) is 0 Å². The van der Waals surface area contributed by atoms with Crippen LogP contribution in [0, 0.1) is 0 Å². The Balaban J connectivity index is 1.60. The van der Waals surface area contributed by atoms with Crippen LogP contribution in [0.15, 0.2) is 108 Å². The van der Waals surface area contributed by atoms with Crippen molar-refractivity contribution in [3.05, 3.63) is 130 Å². The van der Waals surface area contributed by atoms with Gasteiger partial charge in [0.25, 0.3) is 11.5 Å². The molecule has 5 heteroatoms. The summed E-state index contributed by atoms with van der Waals surface area (Å²) < 4.78 is 1.59. The number of carbonyl (C=O) groups is 1. The fraction of sp³-hybridized carbons (Fsp3) is 0.103. The minimum Gasteiger partial charge on any atom is -0.359 e. The molecule has 2 N–H and O–H groups in total. The highest BCUT2D eigenvalue weighted by Gasteiger charge is 2.23. The molecule has 3 aromatic carbocycles. The van der Waals surface area contributed by atoms with Crippen LogP contribution in [0.4, 0.5) is 0 Å². The zero-order valence-electron chi connectivity index (χ0n) is 18.7. The molecule has 0 atom stereocenters. The van der Waals surface area contributed by atoms with Crippen molar-refractivity contribution in [3.8, 4) is 11.1 Å². The Hall–Kier alpha value is -4.38. The van der Waals surface area contributed by atoms with Crippen LogP contribution >= 0.6 is 0 Å². The minimum absolute atomic E-state index is 0.185. The molecule has 0 fully saturated rings. The van der Waals surface area contributed by atoms with E-state index in [1.54, 1.807) is 10.8 Å². The molecule has 168 valence electrons. The second-order valence-electron chi connectivity index (χ2n) is 8.22. The molecule has 0 radical (unpaired) electrons. The van der Waals surface area contributed by atoms with Crippen LogP contribution < -0.4 is 10.9 Å². The van der Waals surface area contributed by atoms with E-state index in [1.165, 1.54) is 0 Å². The third-order valence-corrected chi connectivity index (χ3v) is 5.99. The average Bonchev–Trinajstić information content (AvgIpc) is 3.35. The van der Waals surface area contributed by atoms with E-state index in [2.05, 4.69) is 10.3 Å². The molecular formula is C29H25N3O2. The van der Waals surface area contributed by atoms with Gasteiger partial charge in [-0.3, -0.25) is 14.2 Å². The molecule has 1 amide bonds. The van der Waals surface area contributed by atoms with E-state index in [0.717, 1.165) is 22.1 Å². The van der Waals surface area contributed by atoms with Gasteiger partial charge in [0.2, 0.25) is 0 Å². The maximum absolute atomic E-state index is 13.9. The van der Waals surface area contributed by atoms with E-state index in [0.29, 0.717) is 36.3 Å². The number of hydrogen-bond acceptors (Lipinski definition) is 2. The summed E-state index contributed by atoms with van der Waals surface area (Å²) in [5, 5.41) is 3.77. The molecule has 5 aromatic rings. The number of amides is 1. The van der Waals surface area contributed by atoms with E-state index in [9.17, 15) is 9.59 Å². The normalized spacial score (nSPS) is 10.9. The first kappa shape index (κ1) is 21.5. The van der Waals surface area contributed by atoms with Crippen molar-refractivity contribution >= 4 is 16.8 Å². The Morgan fingerprint density at radius 1 is 0.794 bits per heavy atom. The Morgan fingerprint density at radius 3 is 2.09 bits per heavy atom. The quantitative estimate of drug-likeness (QED) is 0.368. The molecule has 0 aliphatic heterocycles. The molecule has 0 bridgehead atoms. The number of fused-ring (bicyclic) bond motifs is 1. The monoisotopic (exact) mass is 447 g/mol. The lowest BCUT2D eigenvalue weighted by Gasteiger charge is -2.17. The second-order valence-corrected chi connectivity index (χ2v) is 8.22. The smallest absolute Gasteiger partial charge is 0.270 e. The summed E-state index contributed by atoms with van der Waals surface area (Å²) in [4.78, 5) is 30.6. The van der Waals surface area contributed by atoms with E-state index in [1.807, 2.05) is 97.1 Å². The van der Waals surface area contributed by atoms with Crippen molar-refractivity contribution in [1.29, 1.82) is 0 Å². The molecular weight excluding hydrogens is 422 g/mol. The Morgan fingerprint density at radius 2 is 1.41 bits per heavy atom. The average molecular weight is 448 g/mol. The van der Waals surface area contributed by atoms with E-state index in [4.69, 9.17) is 0 Å². The van der Waals surface area contributed by atoms with Crippen molar-refractivity contribution in [2.24, 2.45) is 0 Å². The van der Waals surface area contributed by atoms with Gasteiger partial charge >= 0.3 is 0 Å². The number of nitrogens with zero attached hydrogens (tertiary/aromatic N) is 1. The molecule has 2 aromatic heterocycles. The summed E-state index contributed by atoms with van der Waals surface area (Å²) in [6.07, 6.45) is 2.50. The summed E-state index contributed by atoms with van der Waals surface area (Å²) in [6, 6.07) is 31.2. The molecule has 0 unspecified atom stereocenters. The molecule has 0 saturated heterocycles. The molecule has 2 heterocycles. The van der Waals surface area contributed by atoms with Crippen LogP contribution in [0.3, 0.4) is 0 Å².